The average molecular weight is 722 g/mol. The number of nitrogens with one attached hydrogen (secondary N) is 2. The number of nitrogens with zero attached hydrogens (tertiary/aromatic N) is 6. The summed E-state index contributed by atoms with van der Waals surface area (Å²) in [7, 11) is -3.85. The number of piperidine rings is 1. The minimum Gasteiger partial charge on any atom is -0.373 e. The lowest BCUT2D eigenvalue weighted by Crippen LogP contribution is -2.46. The Labute approximate surface area is 294 Å². The van der Waals surface area contributed by atoms with Crippen molar-refractivity contribution in [2.75, 3.05) is 30.0 Å². The summed E-state index contributed by atoms with van der Waals surface area (Å²) < 4.78 is 40.7. The number of hydrogen-bond donors (Lipinski definition) is 2. The Morgan fingerprint density at radius 3 is 2.41 bits per heavy atom. The molecular formula is C35H35Cl2FN8O2S. The number of aromatic nitrogens is 4. The maximum Gasteiger partial charge on any atom is 0.178 e. The molecule has 3 heterocycles. The molecule has 1 aliphatic rings. The van der Waals surface area contributed by atoms with Crippen LogP contribution in [0.5, 0.6) is 0 Å². The van der Waals surface area contributed by atoms with Crippen LogP contribution >= 0.6 is 23.2 Å². The Hall–Kier alpha value is -4.28. The highest BCUT2D eigenvalue weighted by Gasteiger charge is 2.29. The first-order valence-electron chi connectivity index (χ1n) is 15.7. The van der Waals surface area contributed by atoms with Crippen LogP contribution in [0.2, 0.25) is 10.0 Å². The highest BCUT2D eigenvalue weighted by atomic mass is 35.5. The van der Waals surface area contributed by atoms with E-state index >= 15 is 0 Å². The summed E-state index contributed by atoms with van der Waals surface area (Å²) in [4.78, 5) is 6.45. The third kappa shape index (κ3) is 7.50. The lowest BCUT2D eigenvalue weighted by molar-refractivity contribution is 0.0866. The number of pyridine rings is 1. The molecule has 0 aliphatic carbocycles. The van der Waals surface area contributed by atoms with E-state index in [0.29, 0.717) is 38.0 Å². The molecule has 0 bridgehead atoms. The van der Waals surface area contributed by atoms with Crippen LogP contribution < -0.4 is 10.6 Å². The maximum atomic E-state index is 14.4. The van der Waals surface area contributed by atoms with Crippen LogP contribution in [0.25, 0.3) is 10.9 Å². The van der Waals surface area contributed by atoms with Crippen molar-refractivity contribution < 1.29 is 12.8 Å². The van der Waals surface area contributed by atoms with Crippen LogP contribution in [0, 0.1) is 17.1 Å². The molecule has 49 heavy (non-hydrogen) atoms. The van der Waals surface area contributed by atoms with Gasteiger partial charge in [-0.3, -0.25) is 9.88 Å². The largest absolute Gasteiger partial charge is 0.373 e. The Kier molecular flexibility index (Phi) is 9.57. The van der Waals surface area contributed by atoms with Crippen LogP contribution in [0.1, 0.15) is 62.5 Å². The first kappa shape index (κ1) is 34.6. The lowest BCUT2D eigenvalue weighted by Gasteiger charge is -2.40. The molecule has 1 saturated heterocycles. The van der Waals surface area contributed by atoms with E-state index in [4.69, 9.17) is 23.2 Å². The number of anilines is 3. The van der Waals surface area contributed by atoms with Gasteiger partial charge < -0.3 is 10.6 Å². The fourth-order valence-electron chi connectivity index (χ4n) is 6.12. The van der Waals surface area contributed by atoms with E-state index in [2.05, 4.69) is 57.7 Å². The second-order valence-corrected chi connectivity index (χ2v) is 16.0. The molecule has 254 valence electrons. The number of benzene rings is 3. The number of rotatable bonds is 8. The summed E-state index contributed by atoms with van der Waals surface area (Å²) in [5.74, 6) is -0.872. The van der Waals surface area contributed by atoms with Crippen LogP contribution in [0.3, 0.4) is 0 Å². The molecule has 0 saturated carbocycles. The van der Waals surface area contributed by atoms with Crippen LogP contribution in [-0.4, -0.2) is 58.2 Å². The summed E-state index contributed by atoms with van der Waals surface area (Å²) in [6, 6.07) is 16.5. The zero-order valence-electron chi connectivity index (χ0n) is 27.4. The zero-order chi connectivity index (χ0) is 35.1. The van der Waals surface area contributed by atoms with Crippen molar-refractivity contribution in [1.82, 2.24) is 24.9 Å². The fourth-order valence-corrected chi connectivity index (χ4v) is 7.28. The molecule has 1 aliphatic heterocycles. The zero-order valence-corrected chi connectivity index (χ0v) is 29.7. The molecule has 1 unspecified atom stereocenters. The molecule has 1 fully saturated rings. The van der Waals surface area contributed by atoms with Crippen molar-refractivity contribution >= 4 is 61.0 Å². The van der Waals surface area contributed by atoms with Gasteiger partial charge in [-0.1, -0.05) is 40.5 Å². The molecular weight excluding hydrogens is 686 g/mol. The third-order valence-electron chi connectivity index (χ3n) is 8.77. The molecule has 3 aromatic carbocycles. The Morgan fingerprint density at radius 1 is 1.04 bits per heavy atom. The van der Waals surface area contributed by atoms with E-state index in [1.165, 1.54) is 18.3 Å². The number of sulfone groups is 1. The van der Waals surface area contributed by atoms with Gasteiger partial charge in [0, 0.05) is 52.9 Å². The first-order chi connectivity index (χ1) is 23.2. The summed E-state index contributed by atoms with van der Waals surface area (Å²) in [6.45, 7) is 8.64. The number of nitriles is 1. The topological polar surface area (TPSA) is 129 Å². The van der Waals surface area contributed by atoms with E-state index in [9.17, 15) is 18.1 Å². The Balaban J connectivity index is 1.37. The van der Waals surface area contributed by atoms with Gasteiger partial charge >= 0.3 is 0 Å². The minimum atomic E-state index is -3.85. The van der Waals surface area contributed by atoms with Crippen molar-refractivity contribution in [3.8, 4) is 6.07 Å². The molecule has 5 aromatic rings. The van der Waals surface area contributed by atoms with Gasteiger partial charge in [-0.15, -0.1) is 5.10 Å². The molecule has 0 spiro atoms. The van der Waals surface area contributed by atoms with Crippen molar-refractivity contribution in [1.29, 1.82) is 5.26 Å². The molecule has 14 heteroatoms. The fraction of sp³-hybridized carbons (Fsp3) is 0.314. The molecule has 6 rings (SSSR count). The van der Waals surface area contributed by atoms with E-state index in [0.717, 1.165) is 43.8 Å². The quantitative estimate of drug-likeness (QED) is 0.164. The third-order valence-corrected chi connectivity index (χ3v) is 10.4. The van der Waals surface area contributed by atoms with Gasteiger partial charge in [0.2, 0.25) is 0 Å². The Morgan fingerprint density at radius 2 is 1.76 bits per heavy atom. The van der Waals surface area contributed by atoms with Crippen LogP contribution in [-0.2, 0) is 9.84 Å². The molecule has 0 radical (unpaired) electrons. The van der Waals surface area contributed by atoms with Crippen molar-refractivity contribution in [2.45, 2.75) is 56.1 Å². The van der Waals surface area contributed by atoms with E-state index in [-0.39, 0.29) is 22.8 Å². The number of halogens is 3. The molecule has 10 nitrogen and oxygen atoms in total. The molecule has 2 N–H and O–H groups in total. The highest BCUT2D eigenvalue weighted by Crippen LogP contribution is 2.37. The highest BCUT2D eigenvalue weighted by molar-refractivity contribution is 7.90. The van der Waals surface area contributed by atoms with E-state index in [1.54, 1.807) is 12.1 Å². The van der Waals surface area contributed by atoms with Gasteiger partial charge in [0.15, 0.2) is 9.84 Å². The minimum absolute atomic E-state index is 0.111. The van der Waals surface area contributed by atoms with Gasteiger partial charge in [-0.25, -0.2) is 17.5 Å². The Bertz CT molecular complexity index is 2170. The molecule has 0 amide bonds. The predicted octanol–water partition coefficient (Wildman–Crippen LogP) is 7.93. The summed E-state index contributed by atoms with van der Waals surface area (Å²) in [5.41, 5.74) is 3.48. The van der Waals surface area contributed by atoms with E-state index in [1.807, 2.05) is 35.1 Å². The SMILES string of the molecule is CC(C)(C)N1CCC(n2cc(C(Nc3cc(Cl)c4ncc(C#N)c(Nc5ccc(F)c(S(C)(=O)=O)c5)c4c3)c3ccc(Cl)cc3)nn2)CC1. The number of fused-ring (bicyclic) bond motifs is 1. The second kappa shape index (κ2) is 13.6. The van der Waals surface area contributed by atoms with Gasteiger partial charge in [-0.2, -0.15) is 5.26 Å². The van der Waals surface area contributed by atoms with Gasteiger partial charge in [-0.05, 0) is 81.6 Å². The summed E-state index contributed by atoms with van der Waals surface area (Å²) in [5, 5.41) is 27.2. The predicted molar refractivity (Wildman–Crippen MR) is 191 cm³/mol. The van der Waals surface area contributed by atoms with Gasteiger partial charge in [0.25, 0.3) is 0 Å². The molecule has 2 aromatic heterocycles. The van der Waals surface area contributed by atoms with E-state index < -0.39 is 26.6 Å². The van der Waals surface area contributed by atoms with Crippen molar-refractivity contribution in [2.24, 2.45) is 0 Å². The van der Waals surface area contributed by atoms with Gasteiger partial charge in [0.1, 0.15) is 22.5 Å². The van der Waals surface area contributed by atoms with Crippen LogP contribution in [0.15, 0.2) is 71.9 Å². The first-order valence-corrected chi connectivity index (χ1v) is 18.3. The standard InChI is InChI=1S/C35H35Cl2FN8O2S/c1-35(2,3)45-13-11-26(12-14-45)46-20-30(43-44-46)33(21-5-7-23(36)8-6-21)42-25-15-27-32(22(18-39)19-40-34(27)28(37)16-25)41-24-9-10-29(38)31(17-24)49(4,47)48/h5-10,15-17,19-20,26,33,42H,11-14H2,1-4H3,(H,40,41). The number of hydrogen-bond acceptors (Lipinski definition) is 9. The molecule has 1 atom stereocenters. The van der Waals surface area contributed by atoms with Gasteiger partial charge in [0.05, 0.1) is 40.1 Å². The maximum absolute atomic E-state index is 14.4. The van der Waals surface area contributed by atoms with Crippen molar-refractivity contribution in [3.63, 3.8) is 0 Å². The van der Waals surface area contributed by atoms with Crippen molar-refractivity contribution in [3.05, 3.63) is 99.7 Å². The summed E-state index contributed by atoms with van der Waals surface area (Å²) >= 11 is 13.0. The number of likely N-dealkylation sites (tertiary alicyclic amines) is 1. The monoisotopic (exact) mass is 720 g/mol. The van der Waals surface area contributed by atoms with Crippen LogP contribution in [0.4, 0.5) is 21.5 Å². The summed E-state index contributed by atoms with van der Waals surface area (Å²) in [6.07, 6.45) is 6.21. The second-order valence-electron chi connectivity index (χ2n) is 13.2. The normalized spacial score (nSPS) is 15.2. The lowest BCUT2D eigenvalue weighted by atomic mass is 9.98. The smallest absolute Gasteiger partial charge is 0.178 e. The average Bonchev–Trinajstić information content (AvgIpc) is 3.54.